The Morgan fingerprint density at radius 2 is 2.00 bits per heavy atom. The molecule has 0 aliphatic heterocycles. The molecule has 0 N–H and O–H groups in total. The van der Waals surface area contributed by atoms with E-state index in [1.165, 1.54) is 0 Å². The van der Waals surface area contributed by atoms with Gasteiger partial charge in [0, 0.05) is 10.0 Å². The molecule has 1 rings (SSSR count). The van der Waals surface area contributed by atoms with E-state index in [0.717, 1.165) is 16.5 Å². The fourth-order valence-electron chi connectivity index (χ4n) is 1.98. The Hall–Kier alpha value is -1.16. The van der Waals surface area contributed by atoms with E-state index < -0.39 is 11.9 Å². The van der Waals surface area contributed by atoms with E-state index in [2.05, 4.69) is 15.9 Å². The van der Waals surface area contributed by atoms with Gasteiger partial charge in [-0.3, -0.25) is 9.59 Å². The third-order valence-corrected chi connectivity index (χ3v) is 3.41. The first-order valence-electron chi connectivity index (χ1n) is 6.48. The predicted molar refractivity (Wildman–Crippen MR) is 78.2 cm³/mol. The van der Waals surface area contributed by atoms with Crippen LogP contribution in [0.1, 0.15) is 42.6 Å². The summed E-state index contributed by atoms with van der Waals surface area (Å²) >= 11 is 3.36. The molecule has 0 aliphatic carbocycles. The molecule has 0 amide bonds. The predicted octanol–water partition coefficient (Wildman–Crippen LogP) is 3.92. The largest absolute Gasteiger partial charge is 0.465 e. The number of benzene rings is 1. The minimum absolute atomic E-state index is 0.148. The Kier molecular flexibility index (Phi) is 6.22. The zero-order chi connectivity index (χ0) is 14.4. The van der Waals surface area contributed by atoms with E-state index in [4.69, 9.17) is 4.74 Å². The SMILES string of the molecule is CCCC(C(=O)OCC)C(=O)c1ccc(Br)cc1C. The average Bonchev–Trinajstić information content (AvgIpc) is 2.35. The quantitative estimate of drug-likeness (QED) is 0.452. The smallest absolute Gasteiger partial charge is 0.316 e. The van der Waals surface area contributed by atoms with Crippen molar-refractivity contribution < 1.29 is 14.3 Å². The van der Waals surface area contributed by atoms with Crippen molar-refractivity contribution >= 4 is 27.7 Å². The lowest BCUT2D eigenvalue weighted by atomic mass is 9.91. The fraction of sp³-hybridized carbons (Fsp3) is 0.467. The highest BCUT2D eigenvalue weighted by Gasteiger charge is 2.28. The topological polar surface area (TPSA) is 43.4 Å². The van der Waals surface area contributed by atoms with Gasteiger partial charge < -0.3 is 4.74 Å². The van der Waals surface area contributed by atoms with E-state index in [9.17, 15) is 9.59 Å². The number of ether oxygens (including phenoxy) is 1. The minimum atomic E-state index is -0.690. The maximum absolute atomic E-state index is 12.5. The second-order valence-electron chi connectivity index (χ2n) is 4.42. The first-order valence-corrected chi connectivity index (χ1v) is 7.27. The standard InChI is InChI=1S/C15H19BrO3/c1-4-6-13(15(18)19-5-2)14(17)12-8-7-11(16)9-10(12)3/h7-9,13H,4-6H2,1-3H3. The van der Waals surface area contributed by atoms with Crippen molar-refractivity contribution in [3.63, 3.8) is 0 Å². The first kappa shape index (κ1) is 15.9. The highest BCUT2D eigenvalue weighted by atomic mass is 79.9. The Labute approximate surface area is 122 Å². The summed E-state index contributed by atoms with van der Waals surface area (Å²) in [6, 6.07) is 5.44. The van der Waals surface area contributed by atoms with Gasteiger partial charge in [0.15, 0.2) is 5.78 Å². The van der Waals surface area contributed by atoms with E-state index in [0.29, 0.717) is 18.6 Å². The van der Waals surface area contributed by atoms with Gasteiger partial charge in [-0.15, -0.1) is 0 Å². The molecule has 1 unspecified atom stereocenters. The van der Waals surface area contributed by atoms with Crippen molar-refractivity contribution in [1.82, 2.24) is 0 Å². The highest BCUT2D eigenvalue weighted by molar-refractivity contribution is 9.10. The van der Waals surface area contributed by atoms with Crippen LogP contribution in [0.3, 0.4) is 0 Å². The molecule has 3 nitrogen and oxygen atoms in total. The van der Waals surface area contributed by atoms with Gasteiger partial charge in [0.2, 0.25) is 0 Å². The van der Waals surface area contributed by atoms with Crippen LogP contribution in [0, 0.1) is 12.8 Å². The summed E-state index contributed by atoms with van der Waals surface area (Å²) in [5.74, 6) is -1.26. The summed E-state index contributed by atoms with van der Waals surface area (Å²) in [7, 11) is 0. The molecule has 0 saturated carbocycles. The monoisotopic (exact) mass is 326 g/mol. The molecule has 0 aliphatic rings. The van der Waals surface area contributed by atoms with Crippen LogP contribution in [0.5, 0.6) is 0 Å². The van der Waals surface area contributed by atoms with Crippen LogP contribution >= 0.6 is 15.9 Å². The number of aryl methyl sites for hydroxylation is 1. The summed E-state index contributed by atoms with van der Waals surface area (Å²) in [6.07, 6.45) is 1.29. The van der Waals surface area contributed by atoms with Gasteiger partial charge >= 0.3 is 5.97 Å². The number of rotatable bonds is 6. The van der Waals surface area contributed by atoms with Crippen LogP contribution in [0.4, 0.5) is 0 Å². The molecule has 1 aromatic carbocycles. The maximum atomic E-state index is 12.5. The van der Waals surface area contributed by atoms with Crippen molar-refractivity contribution in [1.29, 1.82) is 0 Å². The number of esters is 1. The van der Waals surface area contributed by atoms with Gasteiger partial charge in [-0.2, -0.15) is 0 Å². The molecule has 0 aromatic heterocycles. The number of hydrogen-bond acceptors (Lipinski definition) is 3. The summed E-state index contributed by atoms with van der Waals surface area (Å²) in [4.78, 5) is 24.3. The normalized spacial score (nSPS) is 12.0. The lowest BCUT2D eigenvalue weighted by Crippen LogP contribution is -2.26. The molecule has 0 radical (unpaired) electrons. The molecule has 19 heavy (non-hydrogen) atoms. The molecule has 104 valence electrons. The summed E-state index contributed by atoms with van der Waals surface area (Å²) in [5, 5.41) is 0. The molecule has 4 heteroatoms. The van der Waals surface area contributed by atoms with Crippen molar-refractivity contribution in [2.24, 2.45) is 5.92 Å². The van der Waals surface area contributed by atoms with Crippen molar-refractivity contribution in [3.8, 4) is 0 Å². The van der Waals surface area contributed by atoms with E-state index in [1.807, 2.05) is 26.0 Å². The number of carbonyl (C=O) groups is 2. The fourth-order valence-corrected chi connectivity index (χ4v) is 2.45. The highest BCUT2D eigenvalue weighted by Crippen LogP contribution is 2.22. The molecular weight excluding hydrogens is 308 g/mol. The molecule has 0 saturated heterocycles. The lowest BCUT2D eigenvalue weighted by Gasteiger charge is -2.15. The van der Waals surface area contributed by atoms with Gasteiger partial charge in [0.1, 0.15) is 5.92 Å². The van der Waals surface area contributed by atoms with Gasteiger partial charge in [-0.1, -0.05) is 29.3 Å². The third-order valence-electron chi connectivity index (χ3n) is 2.92. The molecule has 0 heterocycles. The first-order chi connectivity index (χ1) is 9.01. The number of hydrogen-bond donors (Lipinski definition) is 0. The van der Waals surface area contributed by atoms with Crippen LogP contribution in [-0.2, 0) is 9.53 Å². The van der Waals surface area contributed by atoms with E-state index >= 15 is 0 Å². The van der Waals surface area contributed by atoms with Crippen molar-refractivity contribution in [2.75, 3.05) is 6.61 Å². The number of ketones is 1. The second kappa shape index (κ2) is 7.43. The average molecular weight is 327 g/mol. The molecule has 0 spiro atoms. The van der Waals surface area contributed by atoms with Crippen molar-refractivity contribution in [3.05, 3.63) is 33.8 Å². The molecular formula is C15H19BrO3. The Morgan fingerprint density at radius 3 is 2.53 bits per heavy atom. The second-order valence-corrected chi connectivity index (χ2v) is 5.33. The Morgan fingerprint density at radius 1 is 1.32 bits per heavy atom. The van der Waals surface area contributed by atoms with Gasteiger partial charge in [0.05, 0.1) is 6.61 Å². The minimum Gasteiger partial charge on any atom is -0.465 e. The van der Waals surface area contributed by atoms with Crippen LogP contribution < -0.4 is 0 Å². The zero-order valence-electron chi connectivity index (χ0n) is 11.5. The summed E-state index contributed by atoms with van der Waals surface area (Å²) in [5.41, 5.74) is 1.46. The number of Topliss-reactive ketones (excluding diaryl/α,β-unsaturated/α-hetero) is 1. The molecule has 0 fully saturated rings. The van der Waals surface area contributed by atoms with Gasteiger partial charge in [-0.05, 0) is 44.0 Å². The molecule has 1 atom stereocenters. The van der Waals surface area contributed by atoms with Crippen molar-refractivity contribution in [2.45, 2.75) is 33.6 Å². The van der Waals surface area contributed by atoms with Crippen LogP contribution in [-0.4, -0.2) is 18.4 Å². The number of halogens is 1. The van der Waals surface area contributed by atoms with Crippen LogP contribution in [0.15, 0.2) is 22.7 Å². The molecule has 0 bridgehead atoms. The number of carbonyl (C=O) groups excluding carboxylic acids is 2. The zero-order valence-corrected chi connectivity index (χ0v) is 13.1. The lowest BCUT2D eigenvalue weighted by molar-refractivity contribution is -0.146. The Bertz CT molecular complexity index is 468. The summed E-state index contributed by atoms with van der Waals surface area (Å²) in [6.45, 7) is 5.86. The van der Waals surface area contributed by atoms with Crippen LogP contribution in [0.2, 0.25) is 0 Å². The Balaban J connectivity index is 3.02. The third kappa shape index (κ3) is 4.16. The van der Waals surface area contributed by atoms with Gasteiger partial charge in [-0.25, -0.2) is 0 Å². The maximum Gasteiger partial charge on any atom is 0.316 e. The molecule has 1 aromatic rings. The summed E-state index contributed by atoms with van der Waals surface area (Å²) < 4.78 is 5.91. The van der Waals surface area contributed by atoms with Crippen LogP contribution in [0.25, 0.3) is 0 Å². The van der Waals surface area contributed by atoms with E-state index in [1.54, 1.807) is 13.0 Å². The van der Waals surface area contributed by atoms with E-state index in [-0.39, 0.29) is 5.78 Å². The van der Waals surface area contributed by atoms with Gasteiger partial charge in [0.25, 0.3) is 0 Å².